The minimum Gasteiger partial charge on any atom is -0.467 e. The highest BCUT2D eigenvalue weighted by molar-refractivity contribution is 5.79. The van der Waals surface area contributed by atoms with Gasteiger partial charge in [0.1, 0.15) is 12.4 Å². The molecule has 0 fully saturated rings. The van der Waals surface area contributed by atoms with Gasteiger partial charge in [0.05, 0.1) is 18.5 Å². The third-order valence-corrected chi connectivity index (χ3v) is 2.43. The smallest absolute Gasteiger partial charge is 0.327 e. The number of nitrogens with zero attached hydrogens (tertiary/aromatic N) is 4. The summed E-state index contributed by atoms with van der Waals surface area (Å²) in [6, 6.07) is 6.97. The number of carbonyl (C=O) groups excluding carboxylic acids is 1. The predicted molar refractivity (Wildman–Crippen MR) is 64.3 cm³/mol. The summed E-state index contributed by atoms with van der Waals surface area (Å²) in [5.74, 6) is -0.332. The molecule has 1 unspecified atom stereocenters. The zero-order chi connectivity index (χ0) is 13.0. The summed E-state index contributed by atoms with van der Waals surface area (Å²) >= 11 is 0. The highest BCUT2D eigenvalue weighted by atomic mass is 16.5. The summed E-state index contributed by atoms with van der Waals surface area (Å²) in [5.41, 5.74) is 1.51. The molecule has 0 aliphatic carbocycles. The topological polar surface area (TPSA) is 81.9 Å². The molecule has 94 valence electrons. The van der Waals surface area contributed by atoms with Crippen molar-refractivity contribution in [1.82, 2.24) is 20.2 Å². The average Bonchev–Trinajstić information content (AvgIpc) is 2.92. The van der Waals surface area contributed by atoms with Gasteiger partial charge in [0.15, 0.2) is 0 Å². The molecule has 7 nitrogen and oxygen atoms in total. The van der Waals surface area contributed by atoms with Gasteiger partial charge >= 0.3 is 5.97 Å². The summed E-state index contributed by atoms with van der Waals surface area (Å²) in [7, 11) is 1.35. The van der Waals surface area contributed by atoms with Gasteiger partial charge in [-0.2, -0.15) is 4.68 Å². The van der Waals surface area contributed by atoms with E-state index < -0.39 is 6.04 Å². The van der Waals surface area contributed by atoms with E-state index in [1.54, 1.807) is 6.92 Å². The number of esters is 1. The monoisotopic (exact) mass is 247 g/mol. The van der Waals surface area contributed by atoms with Crippen LogP contribution in [0.1, 0.15) is 6.92 Å². The van der Waals surface area contributed by atoms with Gasteiger partial charge in [-0.05, 0) is 29.5 Å². The lowest BCUT2D eigenvalue weighted by atomic mass is 10.2. The molecule has 0 saturated heterocycles. The largest absolute Gasteiger partial charge is 0.467 e. The fraction of sp³-hybridized carbons (Fsp3) is 0.273. The van der Waals surface area contributed by atoms with Gasteiger partial charge in [-0.3, -0.25) is 0 Å². The predicted octanol–water partition coefficient (Wildman–Crippen LogP) is 0.636. The van der Waals surface area contributed by atoms with E-state index in [4.69, 9.17) is 0 Å². The summed E-state index contributed by atoms with van der Waals surface area (Å²) in [6.07, 6.45) is 1.49. The maximum atomic E-state index is 11.4. The minimum atomic E-state index is -0.451. The number of hydrogen-bond donors (Lipinski definition) is 1. The molecule has 1 aromatic carbocycles. The lowest BCUT2D eigenvalue weighted by Gasteiger charge is -2.15. The van der Waals surface area contributed by atoms with E-state index in [9.17, 15) is 4.79 Å². The van der Waals surface area contributed by atoms with Crippen molar-refractivity contribution < 1.29 is 9.53 Å². The number of benzene rings is 1. The maximum Gasteiger partial charge on any atom is 0.327 e. The minimum absolute atomic E-state index is 0.332. The second-order valence-corrected chi connectivity index (χ2v) is 3.66. The Kier molecular flexibility index (Phi) is 3.52. The highest BCUT2D eigenvalue weighted by Gasteiger charge is 2.14. The number of nitrogens with one attached hydrogen (secondary N) is 1. The van der Waals surface area contributed by atoms with Crippen molar-refractivity contribution in [3.8, 4) is 5.69 Å². The lowest BCUT2D eigenvalue weighted by Crippen LogP contribution is -2.27. The molecule has 0 saturated carbocycles. The van der Waals surface area contributed by atoms with Crippen LogP contribution < -0.4 is 5.32 Å². The number of tetrazole rings is 1. The van der Waals surface area contributed by atoms with Crippen LogP contribution in [0.3, 0.4) is 0 Å². The van der Waals surface area contributed by atoms with Crippen LogP contribution in [0.15, 0.2) is 30.6 Å². The fourth-order valence-electron chi connectivity index (χ4n) is 1.54. The number of hydrogen-bond acceptors (Lipinski definition) is 6. The van der Waals surface area contributed by atoms with Crippen LogP contribution in [-0.4, -0.2) is 39.3 Å². The van der Waals surface area contributed by atoms with Crippen LogP contribution >= 0.6 is 0 Å². The second kappa shape index (κ2) is 5.26. The Morgan fingerprint density at radius 3 is 2.89 bits per heavy atom. The molecule has 0 amide bonds. The summed E-state index contributed by atoms with van der Waals surface area (Å²) in [6.45, 7) is 1.72. The van der Waals surface area contributed by atoms with Crippen LogP contribution in [0.25, 0.3) is 5.69 Å². The SMILES string of the molecule is COC(=O)C(C)Nc1ccccc1-n1cnnn1. The van der Waals surface area contributed by atoms with E-state index in [-0.39, 0.29) is 5.97 Å². The number of aromatic nitrogens is 4. The van der Waals surface area contributed by atoms with Crippen molar-refractivity contribution in [3.63, 3.8) is 0 Å². The molecule has 0 spiro atoms. The molecule has 2 aromatic rings. The van der Waals surface area contributed by atoms with Crippen molar-refractivity contribution in [3.05, 3.63) is 30.6 Å². The Balaban J connectivity index is 2.26. The molecule has 0 radical (unpaired) electrons. The Labute approximate surface area is 104 Å². The molecule has 0 aliphatic rings. The van der Waals surface area contributed by atoms with Gasteiger partial charge in [-0.15, -0.1) is 5.10 Å². The molecular formula is C11H13N5O2. The van der Waals surface area contributed by atoms with Crippen LogP contribution in [0.2, 0.25) is 0 Å². The summed E-state index contributed by atoms with van der Waals surface area (Å²) in [4.78, 5) is 11.4. The zero-order valence-electron chi connectivity index (χ0n) is 10.1. The van der Waals surface area contributed by atoms with E-state index in [0.717, 1.165) is 11.4 Å². The third kappa shape index (κ3) is 2.45. The van der Waals surface area contributed by atoms with E-state index in [0.29, 0.717) is 0 Å². The van der Waals surface area contributed by atoms with Gasteiger partial charge in [0.25, 0.3) is 0 Å². The number of rotatable bonds is 4. The number of carbonyl (C=O) groups is 1. The molecule has 0 aliphatic heterocycles. The fourth-order valence-corrected chi connectivity index (χ4v) is 1.54. The van der Waals surface area contributed by atoms with Crippen molar-refractivity contribution in [2.24, 2.45) is 0 Å². The summed E-state index contributed by atoms with van der Waals surface area (Å²) in [5, 5.41) is 14.0. The number of ether oxygens (including phenoxy) is 1. The molecule has 1 aromatic heterocycles. The standard InChI is InChI=1S/C11H13N5O2/c1-8(11(17)18-2)13-9-5-3-4-6-10(9)16-7-12-14-15-16/h3-8,13H,1-2H3. The van der Waals surface area contributed by atoms with Gasteiger partial charge in [0.2, 0.25) is 0 Å². The summed E-state index contributed by atoms with van der Waals surface area (Å²) < 4.78 is 6.19. The Hall–Kier alpha value is -2.44. The Morgan fingerprint density at radius 2 is 2.22 bits per heavy atom. The highest BCUT2D eigenvalue weighted by Crippen LogP contribution is 2.19. The first-order chi connectivity index (χ1) is 8.72. The molecular weight excluding hydrogens is 234 g/mol. The molecule has 7 heteroatoms. The molecule has 1 N–H and O–H groups in total. The number of para-hydroxylation sites is 2. The van der Waals surface area contributed by atoms with Crippen molar-refractivity contribution >= 4 is 11.7 Å². The van der Waals surface area contributed by atoms with E-state index in [2.05, 4.69) is 25.6 Å². The maximum absolute atomic E-state index is 11.4. The zero-order valence-corrected chi connectivity index (χ0v) is 10.1. The van der Waals surface area contributed by atoms with Gasteiger partial charge < -0.3 is 10.1 Å². The normalized spacial score (nSPS) is 11.9. The number of anilines is 1. The van der Waals surface area contributed by atoms with Crippen LogP contribution in [-0.2, 0) is 9.53 Å². The molecule has 18 heavy (non-hydrogen) atoms. The van der Waals surface area contributed by atoms with Crippen LogP contribution in [0, 0.1) is 0 Å². The average molecular weight is 247 g/mol. The van der Waals surface area contributed by atoms with Gasteiger partial charge in [-0.25, -0.2) is 4.79 Å². The third-order valence-electron chi connectivity index (χ3n) is 2.43. The quantitative estimate of drug-likeness (QED) is 0.798. The van der Waals surface area contributed by atoms with Crippen molar-refractivity contribution in [2.75, 3.05) is 12.4 Å². The number of methoxy groups -OCH3 is 1. The first-order valence-electron chi connectivity index (χ1n) is 5.39. The van der Waals surface area contributed by atoms with Crippen molar-refractivity contribution in [1.29, 1.82) is 0 Å². The van der Waals surface area contributed by atoms with Crippen molar-refractivity contribution in [2.45, 2.75) is 13.0 Å². The van der Waals surface area contributed by atoms with Gasteiger partial charge in [0, 0.05) is 0 Å². The molecule has 1 atom stereocenters. The molecule has 0 bridgehead atoms. The van der Waals surface area contributed by atoms with Gasteiger partial charge in [-0.1, -0.05) is 12.1 Å². The Bertz CT molecular complexity index is 526. The molecule has 1 heterocycles. The van der Waals surface area contributed by atoms with E-state index in [1.807, 2.05) is 24.3 Å². The van der Waals surface area contributed by atoms with E-state index >= 15 is 0 Å². The lowest BCUT2D eigenvalue weighted by molar-refractivity contribution is -0.141. The Morgan fingerprint density at radius 1 is 1.44 bits per heavy atom. The first-order valence-corrected chi connectivity index (χ1v) is 5.39. The molecule has 2 rings (SSSR count). The first kappa shape index (κ1) is 12.0. The van der Waals surface area contributed by atoms with Crippen LogP contribution in [0.4, 0.5) is 5.69 Å². The van der Waals surface area contributed by atoms with E-state index in [1.165, 1.54) is 18.1 Å². The van der Waals surface area contributed by atoms with Crippen LogP contribution in [0.5, 0.6) is 0 Å². The second-order valence-electron chi connectivity index (χ2n) is 3.66.